The summed E-state index contributed by atoms with van der Waals surface area (Å²) in [5.41, 5.74) is 2.46. The zero-order chi connectivity index (χ0) is 14.4. The fraction of sp³-hybridized carbons (Fsp3) is 0.562. The number of nitrogens with zero attached hydrogens (tertiary/aromatic N) is 2. The lowest BCUT2D eigenvalue weighted by atomic mass is 10.2. The maximum atomic E-state index is 11.9. The topological polar surface area (TPSA) is 35.6 Å². The third-order valence-corrected chi connectivity index (χ3v) is 3.76. The number of likely N-dealkylation sites (tertiary alicyclic amines) is 1. The van der Waals surface area contributed by atoms with Crippen LogP contribution in [0.25, 0.3) is 0 Å². The molecule has 110 valence electrons. The van der Waals surface area contributed by atoms with Gasteiger partial charge in [0.2, 0.25) is 5.91 Å². The minimum atomic E-state index is 0.290. The standard InChI is InChI=1S/C16H25N3O/c1-18(2)15-7-5-14(6-8-15)13-17-10-9-16(20)19-11-3-4-12-19/h5-8,17H,3-4,9-13H2,1-2H3. The van der Waals surface area contributed by atoms with Gasteiger partial charge in [-0.25, -0.2) is 0 Å². The quantitative estimate of drug-likeness (QED) is 0.805. The van der Waals surface area contributed by atoms with E-state index in [1.54, 1.807) is 0 Å². The first-order valence-corrected chi connectivity index (χ1v) is 7.41. The Morgan fingerprint density at radius 2 is 1.85 bits per heavy atom. The average molecular weight is 275 g/mol. The highest BCUT2D eigenvalue weighted by molar-refractivity contribution is 5.76. The van der Waals surface area contributed by atoms with Gasteiger partial charge in [0, 0.05) is 52.4 Å². The summed E-state index contributed by atoms with van der Waals surface area (Å²) in [5, 5.41) is 3.34. The molecule has 1 heterocycles. The van der Waals surface area contributed by atoms with Crippen molar-refractivity contribution in [1.82, 2.24) is 10.2 Å². The van der Waals surface area contributed by atoms with Crippen molar-refractivity contribution in [1.29, 1.82) is 0 Å². The Morgan fingerprint density at radius 3 is 2.45 bits per heavy atom. The first-order valence-electron chi connectivity index (χ1n) is 7.41. The van der Waals surface area contributed by atoms with Gasteiger partial charge in [0.05, 0.1) is 0 Å². The zero-order valence-corrected chi connectivity index (χ0v) is 12.6. The van der Waals surface area contributed by atoms with E-state index in [2.05, 4.69) is 34.5 Å². The second-order valence-electron chi connectivity index (χ2n) is 5.58. The van der Waals surface area contributed by atoms with Crippen molar-refractivity contribution in [3.8, 4) is 0 Å². The van der Waals surface area contributed by atoms with E-state index < -0.39 is 0 Å². The van der Waals surface area contributed by atoms with Gasteiger partial charge < -0.3 is 15.1 Å². The summed E-state index contributed by atoms with van der Waals surface area (Å²) in [7, 11) is 4.08. The van der Waals surface area contributed by atoms with E-state index in [0.29, 0.717) is 6.42 Å². The molecule has 0 saturated carbocycles. The second-order valence-corrected chi connectivity index (χ2v) is 5.58. The van der Waals surface area contributed by atoms with E-state index in [-0.39, 0.29) is 5.91 Å². The number of benzene rings is 1. The van der Waals surface area contributed by atoms with Crippen molar-refractivity contribution in [2.75, 3.05) is 38.6 Å². The van der Waals surface area contributed by atoms with Crippen LogP contribution in [0.3, 0.4) is 0 Å². The van der Waals surface area contributed by atoms with Gasteiger partial charge in [0.15, 0.2) is 0 Å². The van der Waals surface area contributed by atoms with Gasteiger partial charge in [-0.05, 0) is 30.5 Å². The number of hydrogen-bond acceptors (Lipinski definition) is 3. The summed E-state index contributed by atoms with van der Waals surface area (Å²) in [6, 6.07) is 8.49. The number of hydrogen-bond donors (Lipinski definition) is 1. The summed E-state index contributed by atoms with van der Waals surface area (Å²) in [4.78, 5) is 15.9. The molecule has 0 unspecified atom stereocenters. The smallest absolute Gasteiger partial charge is 0.223 e. The van der Waals surface area contributed by atoms with Gasteiger partial charge in [-0.1, -0.05) is 12.1 Å². The number of carbonyl (C=O) groups excluding carboxylic acids is 1. The molecular weight excluding hydrogens is 250 g/mol. The van der Waals surface area contributed by atoms with Crippen LogP contribution >= 0.6 is 0 Å². The molecule has 20 heavy (non-hydrogen) atoms. The van der Waals surface area contributed by atoms with Crippen molar-refractivity contribution >= 4 is 11.6 Å². The maximum Gasteiger partial charge on any atom is 0.223 e. The fourth-order valence-corrected chi connectivity index (χ4v) is 2.46. The highest BCUT2D eigenvalue weighted by Gasteiger charge is 2.16. The van der Waals surface area contributed by atoms with E-state index >= 15 is 0 Å². The summed E-state index contributed by atoms with van der Waals surface area (Å²) < 4.78 is 0. The van der Waals surface area contributed by atoms with Crippen LogP contribution in [0.15, 0.2) is 24.3 Å². The highest BCUT2D eigenvalue weighted by atomic mass is 16.2. The Morgan fingerprint density at radius 1 is 1.20 bits per heavy atom. The largest absolute Gasteiger partial charge is 0.378 e. The predicted octanol–water partition coefficient (Wildman–Crippen LogP) is 1.85. The lowest BCUT2D eigenvalue weighted by Gasteiger charge is -2.15. The molecule has 0 radical (unpaired) electrons. The average Bonchev–Trinajstić information content (AvgIpc) is 2.98. The van der Waals surface area contributed by atoms with Crippen LogP contribution < -0.4 is 10.2 Å². The van der Waals surface area contributed by atoms with E-state index in [0.717, 1.165) is 39.0 Å². The molecule has 1 aliphatic rings. The van der Waals surface area contributed by atoms with Crippen LogP contribution in [0.4, 0.5) is 5.69 Å². The molecule has 0 spiro atoms. The molecule has 0 atom stereocenters. The molecule has 1 amide bonds. The summed E-state index contributed by atoms with van der Waals surface area (Å²) in [6.45, 7) is 3.47. The number of rotatable bonds is 6. The third kappa shape index (κ3) is 4.23. The van der Waals surface area contributed by atoms with Gasteiger partial charge in [-0.2, -0.15) is 0 Å². The van der Waals surface area contributed by atoms with Crippen molar-refractivity contribution in [3.63, 3.8) is 0 Å². The van der Waals surface area contributed by atoms with Gasteiger partial charge in [-0.3, -0.25) is 4.79 Å². The summed E-state index contributed by atoms with van der Waals surface area (Å²) in [6.07, 6.45) is 2.94. The Labute approximate surface area is 121 Å². The van der Waals surface area contributed by atoms with Crippen LogP contribution in [0.5, 0.6) is 0 Å². The van der Waals surface area contributed by atoms with Crippen LogP contribution in [-0.4, -0.2) is 44.5 Å². The maximum absolute atomic E-state index is 11.9. The monoisotopic (exact) mass is 275 g/mol. The van der Waals surface area contributed by atoms with E-state index in [1.807, 2.05) is 19.0 Å². The molecule has 1 N–H and O–H groups in total. The van der Waals surface area contributed by atoms with Gasteiger partial charge in [0.25, 0.3) is 0 Å². The fourth-order valence-electron chi connectivity index (χ4n) is 2.46. The Balaban J connectivity index is 1.66. The molecule has 1 aromatic carbocycles. The summed E-state index contributed by atoms with van der Waals surface area (Å²) in [5.74, 6) is 0.290. The Hall–Kier alpha value is -1.55. The lowest BCUT2D eigenvalue weighted by Crippen LogP contribution is -2.30. The first kappa shape index (κ1) is 14.9. The molecule has 0 aromatic heterocycles. The molecule has 1 saturated heterocycles. The first-order chi connectivity index (χ1) is 9.66. The number of amides is 1. The van der Waals surface area contributed by atoms with Gasteiger partial charge >= 0.3 is 0 Å². The van der Waals surface area contributed by atoms with E-state index in [4.69, 9.17) is 0 Å². The zero-order valence-electron chi connectivity index (χ0n) is 12.6. The minimum Gasteiger partial charge on any atom is -0.378 e. The molecule has 1 aliphatic heterocycles. The van der Waals surface area contributed by atoms with Crippen molar-refractivity contribution in [2.24, 2.45) is 0 Å². The van der Waals surface area contributed by atoms with Crippen molar-refractivity contribution in [3.05, 3.63) is 29.8 Å². The van der Waals surface area contributed by atoms with Crippen LogP contribution in [0.1, 0.15) is 24.8 Å². The van der Waals surface area contributed by atoms with E-state index in [9.17, 15) is 4.79 Å². The molecule has 2 rings (SSSR count). The molecule has 0 aliphatic carbocycles. The van der Waals surface area contributed by atoms with Crippen LogP contribution in [-0.2, 0) is 11.3 Å². The molecule has 1 fully saturated rings. The van der Waals surface area contributed by atoms with Crippen LogP contribution in [0.2, 0.25) is 0 Å². The minimum absolute atomic E-state index is 0.290. The molecule has 4 heteroatoms. The van der Waals surface area contributed by atoms with Crippen LogP contribution in [0, 0.1) is 0 Å². The van der Waals surface area contributed by atoms with Gasteiger partial charge in [0.1, 0.15) is 0 Å². The Kier molecular flexibility index (Phi) is 5.41. The SMILES string of the molecule is CN(C)c1ccc(CNCCC(=O)N2CCCC2)cc1. The number of nitrogens with one attached hydrogen (secondary N) is 1. The predicted molar refractivity (Wildman–Crippen MR) is 82.9 cm³/mol. The van der Waals surface area contributed by atoms with Crippen molar-refractivity contribution in [2.45, 2.75) is 25.8 Å². The number of carbonyl (C=O) groups is 1. The Bertz CT molecular complexity index is 422. The second kappa shape index (κ2) is 7.29. The molecule has 0 bridgehead atoms. The molecular formula is C16H25N3O. The lowest BCUT2D eigenvalue weighted by molar-refractivity contribution is -0.130. The normalized spacial score (nSPS) is 14.6. The third-order valence-electron chi connectivity index (χ3n) is 3.76. The molecule has 4 nitrogen and oxygen atoms in total. The van der Waals surface area contributed by atoms with Gasteiger partial charge in [-0.15, -0.1) is 0 Å². The van der Waals surface area contributed by atoms with E-state index in [1.165, 1.54) is 11.3 Å². The van der Waals surface area contributed by atoms with Crippen molar-refractivity contribution < 1.29 is 4.79 Å². The number of anilines is 1. The summed E-state index contributed by atoms with van der Waals surface area (Å²) >= 11 is 0. The molecule has 1 aromatic rings. The highest BCUT2D eigenvalue weighted by Crippen LogP contribution is 2.12.